The van der Waals surface area contributed by atoms with Gasteiger partial charge < -0.3 is 5.11 Å². The van der Waals surface area contributed by atoms with E-state index in [4.69, 9.17) is 5.11 Å². The first-order chi connectivity index (χ1) is 6.90. The van der Waals surface area contributed by atoms with Crippen molar-refractivity contribution >= 4 is 16.0 Å². The van der Waals surface area contributed by atoms with Gasteiger partial charge in [-0.3, -0.25) is 0 Å². The van der Waals surface area contributed by atoms with E-state index < -0.39 is 16.0 Å². The van der Waals surface area contributed by atoms with E-state index in [1.54, 1.807) is 0 Å². The predicted octanol–water partition coefficient (Wildman–Crippen LogP) is 0.601. The number of rotatable bonds is 3. The van der Waals surface area contributed by atoms with Gasteiger partial charge in [0.05, 0.1) is 10.5 Å². The molecule has 1 aromatic rings. The average Bonchev–Trinajstić information content (AvgIpc) is 2.17. The number of aromatic carboxylic acids is 1. The summed E-state index contributed by atoms with van der Waals surface area (Å²) in [5.74, 6) is -1.14. The zero-order valence-corrected chi connectivity index (χ0v) is 9.13. The maximum absolute atomic E-state index is 11.5. The normalized spacial score (nSPS) is 11.3. The summed E-state index contributed by atoms with van der Waals surface area (Å²) < 4.78 is 25.1. The van der Waals surface area contributed by atoms with Crippen LogP contribution in [0.2, 0.25) is 0 Å². The third-order valence-corrected chi connectivity index (χ3v) is 3.63. The van der Waals surface area contributed by atoms with Crippen molar-refractivity contribution in [3.63, 3.8) is 0 Å². The first-order valence-corrected chi connectivity index (χ1v) is 5.65. The second-order valence-corrected chi connectivity index (χ2v) is 4.80. The Hall–Kier alpha value is -1.40. The lowest BCUT2D eigenvalue weighted by atomic mass is 10.1. The van der Waals surface area contributed by atoms with Crippen molar-refractivity contribution in [1.29, 1.82) is 0 Å². The van der Waals surface area contributed by atoms with E-state index in [1.165, 1.54) is 32.2 Å². The molecule has 0 saturated carbocycles. The fourth-order valence-electron chi connectivity index (χ4n) is 1.25. The SMILES string of the molecule is CNS(=O)(=O)c1cccc(C(=O)O)c1C. The van der Waals surface area contributed by atoms with Gasteiger partial charge in [-0.05, 0) is 31.7 Å². The highest BCUT2D eigenvalue weighted by Gasteiger charge is 2.18. The summed E-state index contributed by atoms with van der Waals surface area (Å²) in [6.45, 7) is 1.47. The van der Waals surface area contributed by atoms with E-state index in [0.29, 0.717) is 0 Å². The van der Waals surface area contributed by atoms with Crippen LogP contribution in [0.15, 0.2) is 23.1 Å². The standard InChI is InChI=1S/C9H11NO4S/c1-6-7(9(11)12)4-3-5-8(6)15(13,14)10-2/h3-5,10H,1-2H3,(H,11,12). The number of hydrogen-bond donors (Lipinski definition) is 2. The highest BCUT2D eigenvalue weighted by molar-refractivity contribution is 7.89. The number of nitrogens with one attached hydrogen (secondary N) is 1. The zero-order valence-electron chi connectivity index (χ0n) is 8.31. The Morgan fingerprint density at radius 3 is 2.47 bits per heavy atom. The molecule has 0 spiro atoms. The average molecular weight is 229 g/mol. The number of carboxylic acids is 1. The second-order valence-electron chi connectivity index (χ2n) is 2.94. The molecule has 1 rings (SSSR count). The van der Waals surface area contributed by atoms with Gasteiger partial charge in [-0.25, -0.2) is 17.9 Å². The fraction of sp³-hybridized carbons (Fsp3) is 0.222. The summed E-state index contributed by atoms with van der Waals surface area (Å²) in [7, 11) is -2.32. The Balaban J connectivity index is 3.47. The predicted molar refractivity (Wildman–Crippen MR) is 54.4 cm³/mol. The van der Waals surface area contributed by atoms with Crippen molar-refractivity contribution in [3.8, 4) is 0 Å². The molecule has 0 heterocycles. The van der Waals surface area contributed by atoms with Crippen LogP contribution < -0.4 is 4.72 Å². The van der Waals surface area contributed by atoms with Crippen LogP contribution in [0.5, 0.6) is 0 Å². The molecule has 0 fully saturated rings. The van der Waals surface area contributed by atoms with Gasteiger partial charge in [0.15, 0.2) is 0 Å². The highest BCUT2D eigenvalue weighted by atomic mass is 32.2. The molecule has 0 saturated heterocycles. The summed E-state index contributed by atoms with van der Waals surface area (Å²) in [6.07, 6.45) is 0. The number of carboxylic acid groups (broad SMARTS) is 1. The van der Waals surface area contributed by atoms with Crippen LogP contribution in [0.1, 0.15) is 15.9 Å². The van der Waals surface area contributed by atoms with Crippen LogP contribution in [0.4, 0.5) is 0 Å². The minimum absolute atomic E-state index is 0.00803. The molecule has 2 N–H and O–H groups in total. The molecular formula is C9H11NO4S. The minimum Gasteiger partial charge on any atom is -0.478 e. The molecule has 0 bridgehead atoms. The molecule has 0 aliphatic heterocycles. The molecule has 5 nitrogen and oxygen atoms in total. The van der Waals surface area contributed by atoms with Gasteiger partial charge >= 0.3 is 5.97 Å². The van der Waals surface area contributed by atoms with E-state index in [9.17, 15) is 13.2 Å². The first kappa shape index (κ1) is 11.7. The van der Waals surface area contributed by atoms with Crippen molar-refractivity contribution in [2.45, 2.75) is 11.8 Å². The summed E-state index contributed by atoms with van der Waals surface area (Å²) in [5.41, 5.74) is 0.227. The zero-order chi connectivity index (χ0) is 11.6. The van der Waals surface area contributed by atoms with Crippen LogP contribution in [0.3, 0.4) is 0 Å². The van der Waals surface area contributed by atoms with Gasteiger partial charge in [-0.2, -0.15) is 0 Å². The minimum atomic E-state index is -3.60. The molecule has 0 atom stereocenters. The molecule has 6 heteroatoms. The topological polar surface area (TPSA) is 83.5 Å². The van der Waals surface area contributed by atoms with E-state index in [0.717, 1.165) is 0 Å². The van der Waals surface area contributed by atoms with Gasteiger partial charge in [0.25, 0.3) is 0 Å². The van der Waals surface area contributed by atoms with Gasteiger partial charge in [0.2, 0.25) is 10.0 Å². The molecule has 15 heavy (non-hydrogen) atoms. The van der Waals surface area contributed by atoms with Gasteiger partial charge in [0, 0.05) is 0 Å². The number of benzene rings is 1. The molecule has 82 valence electrons. The maximum atomic E-state index is 11.5. The highest BCUT2D eigenvalue weighted by Crippen LogP contribution is 2.18. The summed E-state index contributed by atoms with van der Waals surface area (Å²) >= 11 is 0. The van der Waals surface area contributed by atoms with Gasteiger partial charge in [-0.1, -0.05) is 6.07 Å². The van der Waals surface area contributed by atoms with Crippen LogP contribution in [-0.4, -0.2) is 26.5 Å². The van der Waals surface area contributed by atoms with E-state index in [1.807, 2.05) is 0 Å². The Morgan fingerprint density at radius 1 is 1.40 bits per heavy atom. The van der Waals surface area contributed by atoms with Crippen molar-refractivity contribution in [1.82, 2.24) is 4.72 Å². The monoisotopic (exact) mass is 229 g/mol. The number of carbonyl (C=O) groups is 1. The molecule has 0 aliphatic carbocycles. The Bertz CT molecular complexity index is 493. The van der Waals surface area contributed by atoms with Gasteiger partial charge in [-0.15, -0.1) is 0 Å². The van der Waals surface area contributed by atoms with Crippen molar-refractivity contribution < 1.29 is 18.3 Å². The first-order valence-electron chi connectivity index (χ1n) is 4.16. The van der Waals surface area contributed by atoms with Crippen LogP contribution in [0.25, 0.3) is 0 Å². The van der Waals surface area contributed by atoms with Gasteiger partial charge in [0.1, 0.15) is 0 Å². The second kappa shape index (κ2) is 4.00. The van der Waals surface area contributed by atoms with Crippen molar-refractivity contribution in [2.24, 2.45) is 0 Å². The summed E-state index contributed by atoms with van der Waals surface area (Å²) in [4.78, 5) is 10.8. The number of sulfonamides is 1. The van der Waals surface area contributed by atoms with Crippen LogP contribution >= 0.6 is 0 Å². The van der Waals surface area contributed by atoms with Crippen molar-refractivity contribution in [3.05, 3.63) is 29.3 Å². The van der Waals surface area contributed by atoms with E-state index in [2.05, 4.69) is 4.72 Å². The van der Waals surface area contributed by atoms with Crippen LogP contribution in [-0.2, 0) is 10.0 Å². The van der Waals surface area contributed by atoms with E-state index >= 15 is 0 Å². The third kappa shape index (κ3) is 2.16. The summed E-state index contributed by atoms with van der Waals surface area (Å²) in [5, 5.41) is 8.81. The maximum Gasteiger partial charge on any atom is 0.335 e. The Kier molecular flexibility index (Phi) is 3.11. The molecule has 1 aromatic carbocycles. The van der Waals surface area contributed by atoms with Crippen molar-refractivity contribution in [2.75, 3.05) is 7.05 Å². The lowest BCUT2D eigenvalue weighted by Crippen LogP contribution is -2.20. The smallest absolute Gasteiger partial charge is 0.335 e. The number of hydrogen-bond acceptors (Lipinski definition) is 3. The molecule has 0 unspecified atom stereocenters. The largest absolute Gasteiger partial charge is 0.478 e. The van der Waals surface area contributed by atoms with Crippen LogP contribution in [0, 0.1) is 6.92 Å². The lowest BCUT2D eigenvalue weighted by Gasteiger charge is -2.08. The van der Waals surface area contributed by atoms with E-state index in [-0.39, 0.29) is 16.0 Å². The Morgan fingerprint density at radius 2 is 2.00 bits per heavy atom. The molecule has 0 aliphatic rings. The third-order valence-electron chi connectivity index (χ3n) is 2.07. The fourth-order valence-corrected chi connectivity index (χ4v) is 2.24. The molecular weight excluding hydrogens is 218 g/mol. The molecule has 0 amide bonds. The molecule has 0 radical (unpaired) electrons. The quantitative estimate of drug-likeness (QED) is 0.795. The summed E-state index contributed by atoms with van der Waals surface area (Å²) in [6, 6.07) is 4.14. The Labute approximate surface area is 87.8 Å². The lowest BCUT2D eigenvalue weighted by molar-refractivity contribution is 0.0696. The molecule has 0 aromatic heterocycles.